The number of hydrogen-bond donors (Lipinski definition) is 2. The van der Waals surface area contributed by atoms with Gasteiger partial charge in [0.2, 0.25) is 0 Å². The normalized spacial score (nSPS) is 10.6. The van der Waals surface area contributed by atoms with E-state index in [1.165, 1.54) is 0 Å². The van der Waals surface area contributed by atoms with Gasteiger partial charge in [0.1, 0.15) is 5.82 Å². The van der Waals surface area contributed by atoms with E-state index in [4.69, 9.17) is 10.0 Å². The lowest BCUT2D eigenvalue weighted by Gasteiger charge is -2.09. The van der Waals surface area contributed by atoms with Gasteiger partial charge in [-0.3, -0.25) is 10.1 Å². The van der Waals surface area contributed by atoms with E-state index in [1.807, 2.05) is 0 Å². The van der Waals surface area contributed by atoms with E-state index in [0.29, 0.717) is 0 Å². The Morgan fingerprint density at radius 3 is 2.38 bits per heavy atom. The zero-order chi connectivity index (χ0) is 12.5. The minimum atomic E-state index is -1.92. The Kier molecular flexibility index (Phi) is 3.61. The van der Waals surface area contributed by atoms with Gasteiger partial charge < -0.3 is 10.0 Å². The van der Waals surface area contributed by atoms with Gasteiger partial charge in [-0.2, -0.15) is 0 Å². The highest BCUT2D eigenvalue weighted by atomic mass is 19.1. The molecule has 0 fully saturated rings. The molecule has 7 heteroatoms. The van der Waals surface area contributed by atoms with Crippen LogP contribution in [0, 0.1) is 15.9 Å². The predicted octanol–water partition coefficient (Wildman–Crippen LogP) is 0.537. The van der Waals surface area contributed by atoms with Gasteiger partial charge in [0.15, 0.2) is 0 Å². The molecule has 1 rings (SSSR count). The standard InChI is InChI=1S/C9H11BFNO4/c1-5(2)9-7(11)3-6(10(13)14)4-8(9)12(15)16/h3-5,13-14H,1-2H3. The van der Waals surface area contributed by atoms with Gasteiger partial charge in [-0.1, -0.05) is 13.8 Å². The fourth-order valence-electron chi connectivity index (χ4n) is 1.50. The van der Waals surface area contributed by atoms with Crippen molar-refractivity contribution in [3.63, 3.8) is 0 Å². The van der Waals surface area contributed by atoms with Gasteiger partial charge in [0, 0.05) is 6.07 Å². The molecule has 16 heavy (non-hydrogen) atoms. The first kappa shape index (κ1) is 12.6. The molecular formula is C9H11BFNO4. The molecule has 5 nitrogen and oxygen atoms in total. The maximum absolute atomic E-state index is 13.6. The first-order chi connectivity index (χ1) is 7.34. The predicted molar refractivity (Wildman–Crippen MR) is 57.0 cm³/mol. The van der Waals surface area contributed by atoms with Crippen molar-refractivity contribution in [2.75, 3.05) is 0 Å². The molecule has 0 radical (unpaired) electrons. The molecule has 0 amide bonds. The molecule has 1 aromatic carbocycles. The number of halogens is 1. The monoisotopic (exact) mass is 227 g/mol. The molecular weight excluding hydrogens is 216 g/mol. The Bertz CT molecular complexity index is 422. The molecule has 1 aromatic rings. The van der Waals surface area contributed by atoms with Gasteiger partial charge in [0.25, 0.3) is 5.69 Å². The van der Waals surface area contributed by atoms with E-state index in [1.54, 1.807) is 13.8 Å². The van der Waals surface area contributed by atoms with Crippen molar-refractivity contribution in [2.45, 2.75) is 19.8 Å². The SMILES string of the molecule is CC(C)c1c(F)cc(B(O)O)cc1[N+](=O)[O-]. The molecule has 0 unspecified atom stereocenters. The van der Waals surface area contributed by atoms with Gasteiger partial charge in [-0.05, 0) is 17.4 Å². The molecule has 0 aromatic heterocycles. The highest BCUT2D eigenvalue weighted by Crippen LogP contribution is 2.27. The second kappa shape index (κ2) is 4.59. The second-order valence-electron chi connectivity index (χ2n) is 3.72. The van der Waals surface area contributed by atoms with Crippen LogP contribution >= 0.6 is 0 Å². The number of nitro groups is 1. The van der Waals surface area contributed by atoms with E-state index in [2.05, 4.69) is 0 Å². The summed E-state index contributed by atoms with van der Waals surface area (Å²) in [5.41, 5.74) is -0.693. The molecule has 2 N–H and O–H groups in total. The van der Waals surface area contributed by atoms with Gasteiger partial charge in [0.05, 0.1) is 10.5 Å². The number of hydrogen-bond acceptors (Lipinski definition) is 4. The molecule has 0 aliphatic rings. The first-order valence-corrected chi connectivity index (χ1v) is 4.68. The maximum Gasteiger partial charge on any atom is 0.488 e. The van der Waals surface area contributed by atoms with E-state index in [-0.39, 0.29) is 16.9 Å². The summed E-state index contributed by atoms with van der Waals surface area (Å²) in [7, 11) is -1.92. The average Bonchev–Trinajstić information content (AvgIpc) is 2.15. The van der Waals surface area contributed by atoms with Crippen molar-refractivity contribution >= 4 is 18.3 Å². The molecule has 0 heterocycles. The zero-order valence-corrected chi connectivity index (χ0v) is 8.85. The number of benzene rings is 1. The summed E-state index contributed by atoms with van der Waals surface area (Å²) in [6, 6.07) is 1.87. The van der Waals surface area contributed by atoms with Crippen LogP contribution in [0.4, 0.5) is 10.1 Å². The van der Waals surface area contributed by atoms with E-state index in [0.717, 1.165) is 12.1 Å². The van der Waals surface area contributed by atoms with E-state index < -0.39 is 23.5 Å². The van der Waals surface area contributed by atoms with Crippen LogP contribution in [0.1, 0.15) is 25.3 Å². The van der Waals surface area contributed by atoms with Gasteiger partial charge >= 0.3 is 7.12 Å². The lowest BCUT2D eigenvalue weighted by atomic mass is 9.78. The summed E-state index contributed by atoms with van der Waals surface area (Å²) >= 11 is 0. The molecule has 0 aliphatic heterocycles. The Morgan fingerprint density at radius 2 is 2.00 bits per heavy atom. The third kappa shape index (κ3) is 2.37. The quantitative estimate of drug-likeness (QED) is 0.448. The maximum atomic E-state index is 13.6. The fraction of sp³-hybridized carbons (Fsp3) is 0.333. The van der Waals surface area contributed by atoms with Crippen molar-refractivity contribution in [1.82, 2.24) is 0 Å². The highest BCUT2D eigenvalue weighted by molar-refractivity contribution is 6.58. The third-order valence-corrected chi connectivity index (χ3v) is 2.20. The first-order valence-electron chi connectivity index (χ1n) is 4.68. The van der Waals surface area contributed by atoms with Crippen LogP contribution in [0.2, 0.25) is 0 Å². The summed E-state index contributed by atoms with van der Waals surface area (Å²) in [6.07, 6.45) is 0. The van der Waals surface area contributed by atoms with E-state index >= 15 is 0 Å². The number of rotatable bonds is 3. The smallest absolute Gasteiger partial charge is 0.423 e. The molecule has 0 aliphatic carbocycles. The summed E-state index contributed by atoms with van der Waals surface area (Å²) in [6.45, 7) is 3.25. The van der Waals surface area contributed by atoms with Crippen LogP contribution in [-0.4, -0.2) is 22.1 Å². The Morgan fingerprint density at radius 1 is 1.44 bits per heavy atom. The van der Waals surface area contributed by atoms with E-state index in [9.17, 15) is 14.5 Å². The number of nitro benzene ring substituents is 1. The minimum Gasteiger partial charge on any atom is -0.423 e. The largest absolute Gasteiger partial charge is 0.488 e. The van der Waals surface area contributed by atoms with Gasteiger partial charge in [-0.25, -0.2) is 4.39 Å². The molecule has 0 saturated heterocycles. The minimum absolute atomic E-state index is 0.0330. The van der Waals surface area contributed by atoms with Crippen molar-refractivity contribution in [2.24, 2.45) is 0 Å². The lowest BCUT2D eigenvalue weighted by molar-refractivity contribution is -0.385. The fourth-order valence-corrected chi connectivity index (χ4v) is 1.50. The van der Waals surface area contributed by atoms with Crippen LogP contribution in [-0.2, 0) is 0 Å². The average molecular weight is 227 g/mol. The summed E-state index contributed by atoms with van der Waals surface area (Å²) < 4.78 is 13.6. The lowest BCUT2D eigenvalue weighted by Crippen LogP contribution is -2.31. The number of nitrogens with zero attached hydrogens (tertiary/aromatic N) is 1. The third-order valence-electron chi connectivity index (χ3n) is 2.20. The Balaban J connectivity index is 3.45. The summed E-state index contributed by atoms with van der Waals surface area (Å²) in [5.74, 6) is -1.16. The summed E-state index contributed by atoms with van der Waals surface area (Å²) in [5, 5.41) is 28.4. The second-order valence-corrected chi connectivity index (χ2v) is 3.72. The zero-order valence-electron chi connectivity index (χ0n) is 8.85. The van der Waals surface area contributed by atoms with Crippen LogP contribution in [0.15, 0.2) is 12.1 Å². The van der Waals surface area contributed by atoms with Gasteiger partial charge in [-0.15, -0.1) is 0 Å². The van der Waals surface area contributed by atoms with Crippen molar-refractivity contribution < 1.29 is 19.4 Å². The molecule has 86 valence electrons. The van der Waals surface area contributed by atoms with Crippen LogP contribution in [0.5, 0.6) is 0 Å². The molecule has 0 bridgehead atoms. The van der Waals surface area contributed by atoms with Crippen LogP contribution in [0.3, 0.4) is 0 Å². The molecule has 0 saturated carbocycles. The topological polar surface area (TPSA) is 83.6 Å². The molecule has 0 atom stereocenters. The molecule has 0 spiro atoms. The highest BCUT2D eigenvalue weighted by Gasteiger charge is 2.25. The van der Waals surface area contributed by atoms with Crippen molar-refractivity contribution in [1.29, 1.82) is 0 Å². The van der Waals surface area contributed by atoms with Crippen LogP contribution in [0.25, 0.3) is 0 Å². The summed E-state index contributed by atoms with van der Waals surface area (Å²) in [4.78, 5) is 10.00. The van der Waals surface area contributed by atoms with Crippen molar-refractivity contribution in [3.8, 4) is 0 Å². The Labute approximate surface area is 91.8 Å². The van der Waals surface area contributed by atoms with Crippen LogP contribution < -0.4 is 5.46 Å². The van der Waals surface area contributed by atoms with Crippen molar-refractivity contribution in [3.05, 3.63) is 33.6 Å². The Hall–Kier alpha value is -1.47.